The number of carbonyl (C=O) groups excluding carboxylic acids is 1. The molecule has 1 aromatic carbocycles. The number of amides is 1. The molecule has 0 aliphatic carbocycles. The fraction of sp³-hybridized carbons (Fsp3) is 0.474. The molecule has 2 aromatic rings. The van der Waals surface area contributed by atoms with E-state index in [1.54, 1.807) is 6.26 Å². The molecule has 2 aliphatic rings. The molecule has 1 aromatic heterocycles. The molecule has 2 aliphatic heterocycles. The number of hydrogen-bond donors (Lipinski definition) is 1. The number of benzene rings is 1. The molecule has 0 radical (unpaired) electrons. The molecule has 4 rings (SSSR count). The Labute approximate surface area is 142 Å². The molecule has 2 atom stereocenters. The normalized spacial score (nSPS) is 24.9. The fourth-order valence-corrected chi connectivity index (χ4v) is 3.92. The number of hydrogen-bond acceptors (Lipinski definition) is 4. The number of carbonyl (C=O) groups is 1. The highest BCUT2D eigenvalue weighted by Gasteiger charge is 2.32. The van der Waals surface area contributed by atoms with Gasteiger partial charge >= 0.3 is 0 Å². The summed E-state index contributed by atoms with van der Waals surface area (Å²) in [5, 5.41) is 3.00. The second-order valence-corrected chi connectivity index (χ2v) is 6.90. The molecular formula is C19H23N3O2. The van der Waals surface area contributed by atoms with E-state index in [0.717, 1.165) is 50.3 Å². The first-order valence-electron chi connectivity index (χ1n) is 8.77. The minimum atomic E-state index is 0.222. The van der Waals surface area contributed by atoms with Gasteiger partial charge in [-0.1, -0.05) is 18.2 Å². The van der Waals surface area contributed by atoms with Crippen LogP contribution in [0.25, 0.3) is 11.5 Å². The highest BCUT2D eigenvalue weighted by atomic mass is 16.3. The minimum Gasteiger partial charge on any atom is -0.444 e. The lowest BCUT2D eigenvalue weighted by Gasteiger charge is -2.36. The van der Waals surface area contributed by atoms with Crippen molar-refractivity contribution in [2.45, 2.75) is 25.8 Å². The molecule has 1 N–H and O–H groups in total. The summed E-state index contributed by atoms with van der Waals surface area (Å²) in [6, 6.07) is 9.99. The predicted molar refractivity (Wildman–Crippen MR) is 91.1 cm³/mol. The first-order valence-corrected chi connectivity index (χ1v) is 8.77. The van der Waals surface area contributed by atoms with Crippen LogP contribution in [0.1, 0.15) is 25.0 Å². The Morgan fingerprint density at radius 3 is 2.96 bits per heavy atom. The smallest absolute Gasteiger partial charge is 0.226 e. The lowest BCUT2D eigenvalue weighted by atomic mass is 9.82. The molecule has 0 bridgehead atoms. The third-order valence-corrected chi connectivity index (χ3v) is 5.22. The second kappa shape index (κ2) is 6.77. The van der Waals surface area contributed by atoms with Crippen molar-refractivity contribution < 1.29 is 9.21 Å². The number of rotatable bonds is 3. The molecule has 2 fully saturated rings. The number of oxazole rings is 1. The number of nitrogens with zero attached hydrogens (tertiary/aromatic N) is 2. The first kappa shape index (κ1) is 15.4. The van der Waals surface area contributed by atoms with Crippen molar-refractivity contribution in [3.8, 4) is 11.5 Å². The quantitative estimate of drug-likeness (QED) is 0.942. The van der Waals surface area contributed by atoms with Gasteiger partial charge < -0.3 is 9.73 Å². The summed E-state index contributed by atoms with van der Waals surface area (Å²) in [6.07, 6.45) is 4.65. The van der Waals surface area contributed by atoms with E-state index in [-0.39, 0.29) is 5.91 Å². The largest absolute Gasteiger partial charge is 0.444 e. The van der Waals surface area contributed by atoms with Crippen molar-refractivity contribution >= 4 is 5.91 Å². The molecule has 1 amide bonds. The Hall–Kier alpha value is -2.14. The molecule has 2 unspecified atom stereocenters. The highest BCUT2D eigenvalue weighted by Crippen LogP contribution is 2.31. The number of aromatic nitrogens is 1. The summed E-state index contributed by atoms with van der Waals surface area (Å²) in [5.74, 6) is 2.06. The SMILES string of the molecule is O=C1CC2CCN(Cc3coc(-c4ccccc4)n3)CC2CCN1. The summed E-state index contributed by atoms with van der Waals surface area (Å²) in [5.41, 5.74) is 1.99. The van der Waals surface area contributed by atoms with Crippen LogP contribution < -0.4 is 5.32 Å². The van der Waals surface area contributed by atoms with Crippen LogP contribution in [0.3, 0.4) is 0 Å². The van der Waals surface area contributed by atoms with Gasteiger partial charge in [0.1, 0.15) is 6.26 Å². The van der Waals surface area contributed by atoms with Crippen molar-refractivity contribution in [1.82, 2.24) is 15.2 Å². The predicted octanol–water partition coefficient (Wildman–Crippen LogP) is 2.69. The number of nitrogens with one attached hydrogen (secondary N) is 1. The van der Waals surface area contributed by atoms with Crippen LogP contribution in [0.4, 0.5) is 0 Å². The number of fused-ring (bicyclic) bond motifs is 1. The second-order valence-electron chi connectivity index (χ2n) is 6.90. The zero-order chi connectivity index (χ0) is 16.4. The van der Waals surface area contributed by atoms with Gasteiger partial charge in [0.25, 0.3) is 0 Å². The van der Waals surface area contributed by atoms with Crippen molar-refractivity contribution in [3.05, 3.63) is 42.3 Å². The average molecular weight is 325 g/mol. The molecule has 126 valence electrons. The van der Waals surface area contributed by atoms with Gasteiger partial charge in [0, 0.05) is 31.6 Å². The summed E-state index contributed by atoms with van der Waals surface area (Å²) < 4.78 is 5.64. The fourth-order valence-electron chi connectivity index (χ4n) is 3.92. The van der Waals surface area contributed by atoms with Crippen LogP contribution in [0.15, 0.2) is 41.0 Å². The third kappa shape index (κ3) is 3.36. The Balaban J connectivity index is 1.40. The van der Waals surface area contributed by atoms with E-state index in [0.29, 0.717) is 24.1 Å². The van der Waals surface area contributed by atoms with Gasteiger partial charge in [-0.3, -0.25) is 9.69 Å². The molecule has 0 spiro atoms. The molecule has 24 heavy (non-hydrogen) atoms. The number of likely N-dealkylation sites (tertiary alicyclic amines) is 1. The van der Waals surface area contributed by atoms with Crippen LogP contribution in [0.5, 0.6) is 0 Å². The zero-order valence-corrected chi connectivity index (χ0v) is 13.8. The number of piperidine rings is 1. The van der Waals surface area contributed by atoms with Gasteiger partial charge in [0.2, 0.25) is 11.8 Å². The van der Waals surface area contributed by atoms with E-state index in [9.17, 15) is 4.79 Å². The molecule has 5 nitrogen and oxygen atoms in total. The molecule has 3 heterocycles. The van der Waals surface area contributed by atoms with Gasteiger partial charge in [-0.05, 0) is 43.4 Å². The van der Waals surface area contributed by atoms with Crippen molar-refractivity contribution in [1.29, 1.82) is 0 Å². The third-order valence-electron chi connectivity index (χ3n) is 5.22. The lowest BCUT2D eigenvalue weighted by molar-refractivity contribution is -0.121. The average Bonchev–Trinajstić information content (AvgIpc) is 2.98. The van der Waals surface area contributed by atoms with Crippen LogP contribution in [0, 0.1) is 11.8 Å². The van der Waals surface area contributed by atoms with Gasteiger partial charge in [-0.15, -0.1) is 0 Å². The summed E-state index contributed by atoms with van der Waals surface area (Å²) >= 11 is 0. The Morgan fingerprint density at radius 1 is 1.21 bits per heavy atom. The Kier molecular flexibility index (Phi) is 4.34. The minimum absolute atomic E-state index is 0.222. The van der Waals surface area contributed by atoms with Gasteiger partial charge in [0.15, 0.2) is 0 Å². The van der Waals surface area contributed by atoms with E-state index in [1.165, 1.54) is 0 Å². The molecule has 0 saturated carbocycles. The van der Waals surface area contributed by atoms with Crippen LogP contribution in [-0.2, 0) is 11.3 Å². The maximum Gasteiger partial charge on any atom is 0.226 e. The Morgan fingerprint density at radius 2 is 2.08 bits per heavy atom. The van der Waals surface area contributed by atoms with Gasteiger partial charge in [-0.25, -0.2) is 4.98 Å². The topological polar surface area (TPSA) is 58.4 Å². The summed E-state index contributed by atoms with van der Waals surface area (Å²) in [6.45, 7) is 3.71. The van der Waals surface area contributed by atoms with E-state index in [1.807, 2.05) is 30.3 Å². The Bertz CT molecular complexity index is 698. The van der Waals surface area contributed by atoms with Crippen LogP contribution in [-0.4, -0.2) is 35.4 Å². The standard InChI is InChI=1S/C19H23N3O2/c23-18-10-15-7-9-22(11-16(15)6-8-20-18)12-17-13-24-19(21-17)14-4-2-1-3-5-14/h1-5,13,15-16H,6-12H2,(H,20,23). The maximum atomic E-state index is 11.7. The van der Waals surface area contributed by atoms with Crippen molar-refractivity contribution in [2.75, 3.05) is 19.6 Å². The van der Waals surface area contributed by atoms with Crippen molar-refractivity contribution in [3.63, 3.8) is 0 Å². The summed E-state index contributed by atoms with van der Waals surface area (Å²) in [4.78, 5) is 18.8. The summed E-state index contributed by atoms with van der Waals surface area (Å²) in [7, 11) is 0. The van der Waals surface area contributed by atoms with E-state index in [2.05, 4.69) is 15.2 Å². The highest BCUT2D eigenvalue weighted by molar-refractivity contribution is 5.76. The van der Waals surface area contributed by atoms with Crippen molar-refractivity contribution in [2.24, 2.45) is 11.8 Å². The molecular weight excluding hydrogens is 302 g/mol. The van der Waals surface area contributed by atoms with Gasteiger partial charge in [0.05, 0.1) is 5.69 Å². The zero-order valence-electron chi connectivity index (χ0n) is 13.8. The molecule has 2 saturated heterocycles. The van der Waals surface area contributed by atoms with E-state index >= 15 is 0 Å². The molecule has 5 heteroatoms. The lowest BCUT2D eigenvalue weighted by Crippen LogP contribution is -2.40. The maximum absolute atomic E-state index is 11.7. The monoisotopic (exact) mass is 325 g/mol. The van der Waals surface area contributed by atoms with Gasteiger partial charge in [-0.2, -0.15) is 0 Å². The van der Waals surface area contributed by atoms with E-state index in [4.69, 9.17) is 4.42 Å². The van der Waals surface area contributed by atoms with Crippen LogP contribution >= 0.6 is 0 Å². The van der Waals surface area contributed by atoms with Crippen LogP contribution in [0.2, 0.25) is 0 Å². The van der Waals surface area contributed by atoms with E-state index < -0.39 is 0 Å². The first-order chi connectivity index (χ1) is 11.8.